The van der Waals surface area contributed by atoms with Crippen LogP contribution in [0.2, 0.25) is 0 Å². The second-order valence-corrected chi connectivity index (χ2v) is 4.19. The minimum Gasteiger partial charge on any atom is -0.461 e. The maximum absolute atomic E-state index is 11.9. The lowest BCUT2D eigenvalue weighted by atomic mass is 10.2. The van der Waals surface area contributed by atoms with Crippen LogP contribution < -0.4 is 5.32 Å². The molecule has 0 aliphatic heterocycles. The Labute approximate surface area is 111 Å². The lowest BCUT2D eigenvalue weighted by Crippen LogP contribution is -2.18. The van der Waals surface area contributed by atoms with Crippen LogP contribution in [0.4, 0.5) is 5.69 Å². The van der Waals surface area contributed by atoms with E-state index in [2.05, 4.69) is 5.32 Å². The first-order chi connectivity index (χ1) is 8.81. The van der Waals surface area contributed by atoms with E-state index in [0.29, 0.717) is 16.9 Å². The van der Waals surface area contributed by atoms with Crippen molar-refractivity contribution < 1.29 is 19.1 Å². The summed E-state index contributed by atoms with van der Waals surface area (Å²) in [5.74, 6) is -1.14. The molecule has 1 aromatic heterocycles. The highest BCUT2D eigenvalue weighted by molar-refractivity contribution is 6.00. The molecule has 0 aliphatic rings. The van der Waals surface area contributed by atoms with Gasteiger partial charge in [0.2, 0.25) is 11.8 Å². The van der Waals surface area contributed by atoms with Gasteiger partial charge in [0.25, 0.3) is 0 Å². The second-order valence-electron chi connectivity index (χ2n) is 4.19. The molecular formula is C13H18N2O4. The normalized spacial score (nSPS) is 10.2. The number of anilines is 1. The van der Waals surface area contributed by atoms with Gasteiger partial charge in [-0.3, -0.25) is 14.2 Å². The molecule has 1 rings (SSSR count). The Balaban J connectivity index is 3.47. The van der Waals surface area contributed by atoms with Gasteiger partial charge in [0.15, 0.2) is 0 Å². The van der Waals surface area contributed by atoms with Crippen molar-refractivity contribution in [3.05, 3.63) is 17.0 Å². The summed E-state index contributed by atoms with van der Waals surface area (Å²) >= 11 is 0. The number of ether oxygens (including phenoxy) is 1. The number of hydrogen-bond donors (Lipinski definition) is 1. The summed E-state index contributed by atoms with van der Waals surface area (Å²) < 4.78 is 6.21. The van der Waals surface area contributed by atoms with E-state index in [1.807, 2.05) is 0 Å². The summed E-state index contributed by atoms with van der Waals surface area (Å²) in [5, 5.41) is 2.63. The van der Waals surface area contributed by atoms with E-state index in [4.69, 9.17) is 4.74 Å². The van der Waals surface area contributed by atoms with Gasteiger partial charge in [-0.05, 0) is 20.8 Å². The van der Waals surface area contributed by atoms with Crippen molar-refractivity contribution in [2.24, 2.45) is 0 Å². The van der Waals surface area contributed by atoms with Crippen LogP contribution in [-0.2, 0) is 9.53 Å². The molecule has 1 heterocycles. The summed E-state index contributed by atoms with van der Waals surface area (Å²) in [6.07, 6.45) is 0. The van der Waals surface area contributed by atoms with Crippen LogP contribution in [0, 0.1) is 13.8 Å². The molecule has 0 saturated heterocycles. The van der Waals surface area contributed by atoms with E-state index in [1.54, 1.807) is 20.8 Å². The highest BCUT2D eigenvalue weighted by atomic mass is 16.5. The fourth-order valence-corrected chi connectivity index (χ4v) is 2.03. The topological polar surface area (TPSA) is 77.4 Å². The predicted octanol–water partition coefficient (Wildman–Crippen LogP) is 1.90. The molecule has 0 aromatic carbocycles. The fourth-order valence-electron chi connectivity index (χ4n) is 2.03. The van der Waals surface area contributed by atoms with Crippen LogP contribution in [0.1, 0.15) is 47.3 Å². The van der Waals surface area contributed by atoms with Gasteiger partial charge in [0, 0.05) is 25.1 Å². The maximum atomic E-state index is 11.9. The van der Waals surface area contributed by atoms with Crippen LogP contribution in [0.3, 0.4) is 0 Å². The average molecular weight is 266 g/mol. The number of carbonyl (C=O) groups excluding carboxylic acids is 3. The van der Waals surface area contributed by atoms with Crippen molar-refractivity contribution in [3.63, 3.8) is 0 Å². The quantitative estimate of drug-likeness (QED) is 0.848. The largest absolute Gasteiger partial charge is 0.461 e. The van der Waals surface area contributed by atoms with Gasteiger partial charge < -0.3 is 10.1 Å². The Morgan fingerprint density at radius 2 is 1.79 bits per heavy atom. The van der Waals surface area contributed by atoms with Crippen LogP contribution in [0.25, 0.3) is 0 Å². The monoisotopic (exact) mass is 266 g/mol. The molecule has 0 aliphatic carbocycles. The zero-order valence-electron chi connectivity index (χ0n) is 11.8. The molecule has 6 nitrogen and oxygen atoms in total. The van der Waals surface area contributed by atoms with E-state index < -0.39 is 5.97 Å². The third-order valence-corrected chi connectivity index (χ3v) is 2.74. The van der Waals surface area contributed by atoms with Gasteiger partial charge in [-0.1, -0.05) is 0 Å². The van der Waals surface area contributed by atoms with Crippen molar-refractivity contribution in [2.45, 2.75) is 34.6 Å². The molecule has 0 bridgehead atoms. The summed E-state index contributed by atoms with van der Waals surface area (Å²) in [7, 11) is 0. The lowest BCUT2D eigenvalue weighted by molar-refractivity contribution is -0.114. The van der Waals surface area contributed by atoms with Crippen molar-refractivity contribution in [1.29, 1.82) is 0 Å². The molecule has 1 N–H and O–H groups in total. The molecule has 0 spiro atoms. The highest BCUT2D eigenvalue weighted by Crippen LogP contribution is 2.28. The van der Waals surface area contributed by atoms with Crippen molar-refractivity contribution in [3.8, 4) is 0 Å². The molecule has 104 valence electrons. The zero-order chi connectivity index (χ0) is 14.7. The van der Waals surface area contributed by atoms with Crippen LogP contribution in [0.15, 0.2) is 0 Å². The van der Waals surface area contributed by atoms with Gasteiger partial charge in [0.05, 0.1) is 12.3 Å². The van der Waals surface area contributed by atoms with Crippen LogP contribution >= 0.6 is 0 Å². The van der Waals surface area contributed by atoms with E-state index in [-0.39, 0.29) is 24.1 Å². The number of amides is 1. The van der Waals surface area contributed by atoms with Gasteiger partial charge in [0.1, 0.15) is 5.69 Å². The molecule has 0 fully saturated rings. The van der Waals surface area contributed by atoms with Gasteiger partial charge >= 0.3 is 5.97 Å². The highest BCUT2D eigenvalue weighted by Gasteiger charge is 2.26. The SMILES string of the molecule is CCOC(=O)c1c(C)c(NC(C)=O)c(C)n1C(C)=O. The number of carbonyl (C=O) groups is 3. The molecule has 0 unspecified atom stereocenters. The third kappa shape index (κ3) is 2.83. The van der Waals surface area contributed by atoms with E-state index in [9.17, 15) is 14.4 Å². The van der Waals surface area contributed by atoms with Gasteiger partial charge in [-0.2, -0.15) is 0 Å². The smallest absolute Gasteiger partial charge is 0.355 e. The number of nitrogens with zero attached hydrogens (tertiary/aromatic N) is 1. The first kappa shape index (κ1) is 14.9. The predicted molar refractivity (Wildman–Crippen MR) is 70.5 cm³/mol. The molecule has 0 saturated carbocycles. The summed E-state index contributed by atoms with van der Waals surface area (Å²) in [6.45, 7) is 7.97. The van der Waals surface area contributed by atoms with Gasteiger partial charge in [-0.25, -0.2) is 4.79 Å². The van der Waals surface area contributed by atoms with Crippen LogP contribution in [-0.4, -0.2) is 29.0 Å². The second kappa shape index (κ2) is 5.69. The number of nitrogens with one attached hydrogen (secondary N) is 1. The standard InChI is InChI=1S/C13H18N2O4/c1-6-19-13(18)12-7(2)11(14-9(4)16)8(3)15(12)10(5)17/h6H2,1-5H3,(H,14,16). The molecule has 0 radical (unpaired) electrons. The number of rotatable bonds is 3. The Morgan fingerprint density at radius 3 is 2.21 bits per heavy atom. The van der Waals surface area contributed by atoms with E-state index >= 15 is 0 Å². The molecule has 0 atom stereocenters. The number of aromatic nitrogens is 1. The molecule has 19 heavy (non-hydrogen) atoms. The lowest BCUT2D eigenvalue weighted by Gasteiger charge is -2.07. The van der Waals surface area contributed by atoms with Crippen molar-refractivity contribution in [1.82, 2.24) is 4.57 Å². The number of hydrogen-bond acceptors (Lipinski definition) is 4. The fraction of sp³-hybridized carbons (Fsp3) is 0.462. The molecule has 1 amide bonds. The molecular weight excluding hydrogens is 248 g/mol. The Hall–Kier alpha value is -2.11. The molecule has 6 heteroatoms. The summed E-state index contributed by atoms with van der Waals surface area (Å²) in [5.41, 5.74) is 1.69. The molecule has 1 aromatic rings. The minimum absolute atomic E-state index is 0.163. The van der Waals surface area contributed by atoms with Crippen molar-refractivity contribution in [2.75, 3.05) is 11.9 Å². The maximum Gasteiger partial charge on any atom is 0.355 e. The zero-order valence-corrected chi connectivity index (χ0v) is 11.8. The van der Waals surface area contributed by atoms with Gasteiger partial charge in [-0.15, -0.1) is 0 Å². The third-order valence-electron chi connectivity index (χ3n) is 2.74. The summed E-state index contributed by atoms with van der Waals surface area (Å²) in [6, 6.07) is 0. The van der Waals surface area contributed by atoms with E-state index in [1.165, 1.54) is 18.4 Å². The van der Waals surface area contributed by atoms with Crippen molar-refractivity contribution >= 4 is 23.5 Å². The Morgan fingerprint density at radius 1 is 1.21 bits per heavy atom. The number of esters is 1. The van der Waals surface area contributed by atoms with E-state index in [0.717, 1.165) is 0 Å². The Kier molecular flexibility index (Phi) is 4.47. The van der Waals surface area contributed by atoms with Crippen LogP contribution in [0.5, 0.6) is 0 Å². The minimum atomic E-state index is -0.574. The summed E-state index contributed by atoms with van der Waals surface area (Å²) in [4.78, 5) is 34.8. The first-order valence-corrected chi connectivity index (χ1v) is 5.98. The average Bonchev–Trinajstić information content (AvgIpc) is 2.53. The Bertz CT molecular complexity index is 543. The first-order valence-electron chi connectivity index (χ1n) is 5.98.